The maximum Gasteiger partial charge on any atom is 0.267 e. The number of hydrogen-bond donors (Lipinski definition) is 2. The van der Waals surface area contributed by atoms with Crippen LogP contribution in [0.3, 0.4) is 0 Å². The number of aliphatic hydroxyl groups is 1. The number of nitrogens with one attached hydrogen (secondary N) is 1. The number of aliphatic hydroxyl groups excluding tert-OH is 1. The van der Waals surface area contributed by atoms with E-state index in [1.807, 2.05) is 37.3 Å². The van der Waals surface area contributed by atoms with Gasteiger partial charge >= 0.3 is 0 Å². The van der Waals surface area contributed by atoms with Crippen molar-refractivity contribution in [2.24, 2.45) is 0 Å². The van der Waals surface area contributed by atoms with E-state index in [2.05, 4.69) is 15.2 Å². The quantitative estimate of drug-likeness (QED) is 0.617. The second kappa shape index (κ2) is 9.47. The topological polar surface area (TPSA) is 96.2 Å². The molecule has 33 heavy (non-hydrogen) atoms. The van der Waals surface area contributed by atoms with E-state index in [1.54, 1.807) is 6.07 Å². The van der Waals surface area contributed by atoms with Crippen LogP contribution in [0.1, 0.15) is 56.7 Å². The number of aryl methyl sites for hydroxylation is 1. The third-order valence-electron chi connectivity index (χ3n) is 6.99. The highest BCUT2D eigenvalue weighted by molar-refractivity contribution is 5.76. The fourth-order valence-corrected chi connectivity index (χ4v) is 5.17. The normalized spacial score (nSPS) is 23.6. The number of fused-ring (bicyclic) bond motifs is 1. The van der Waals surface area contributed by atoms with E-state index in [1.165, 1.54) is 4.68 Å². The molecule has 0 spiro atoms. The third-order valence-corrected chi connectivity index (χ3v) is 6.99. The summed E-state index contributed by atoms with van der Waals surface area (Å²) in [6.07, 6.45) is 6.33. The molecule has 2 aromatic heterocycles. The Balaban J connectivity index is 1.37. The molecule has 8 nitrogen and oxygen atoms in total. The van der Waals surface area contributed by atoms with Gasteiger partial charge in [0.1, 0.15) is 11.6 Å². The molecule has 5 rings (SSSR count). The first-order valence-electron chi connectivity index (χ1n) is 12.1. The van der Waals surface area contributed by atoms with Crippen molar-refractivity contribution >= 4 is 22.7 Å². The molecule has 2 aliphatic rings. The standard InChI is InChI=1S/C25H32N6O2/c1-17-25(28-20-10-3-2-9-19(20)27-17)26-16-18-8-6-7-15-30(18)23-13-14-24(33)31(29-23)21-11-4-5-12-22(21)32/h2-3,9-10,13-14,18,21-22,32H,4-8,11-12,15-16H2,1H3,(H,26,28). The predicted octanol–water partition coefficient (Wildman–Crippen LogP) is 3.44. The second-order valence-corrected chi connectivity index (χ2v) is 9.26. The van der Waals surface area contributed by atoms with E-state index < -0.39 is 6.10 Å². The molecule has 1 aliphatic heterocycles. The Labute approximate surface area is 193 Å². The molecule has 8 heteroatoms. The number of para-hydroxylation sites is 2. The van der Waals surface area contributed by atoms with E-state index in [0.717, 1.165) is 86.4 Å². The van der Waals surface area contributed by atoms with Crippen LogP contribution in [0.5, 0.6) is 0 Å². The lowest BCUT2D eigenvalue weighted by Gasteiger charge is -2.37. The van der Waals surface area contributed by atoms with Crippen LogP contribution in [0.4, 0.5) is 11.6 Å². The molecular weight excluding hydrogens is 416 g/mol. The molecule has 2 N–H and O–H groups in total. The van der Waals surface area contributed by atoms with Gasteiger partial charge in [-0.1, -0.05) is 25.0 Å². The van der Waals surface area contributed by atoms with Gasteiger partial charge in [0, 0.05) is 25.2 Å². The maximum atomic E-state index is 12.6. The van der Waals surface area contributed by atoms with Crippen LogP contribution in [0, 0.1) is 6.92 Å². The molecule has 3 heterocycles. The van der Waals surface area contributed by atoms with Gasteiger partial charge in [-0.3, -0.25) is 4.79 Å². The van der Waals surface area contributed by atoms with Crippen LogP contribution >= 0.6 is 0 Å². The zero-order valence-corrected chi connectivity index (χ0v) is 19.2. The molecule has 3 unspecified atom stereocenters. The lowest BCUT2D eigenvalue weighted by atomic mass is 9.93. The molecule has 1 saturated carbocycles. The van der Waals surface area contributed by atoms with Gasteiger partial charge in [0.15, 0.2) is 0 Å². The predicted molar refractivity (Wildman–Crippen MR) is 130 cm³/mol. The summed E-state index contributed by atoms with van der Waals surface area (Å²) < 4.78 is 1.53. The van der Waals surface area contributed by atoms with E-state index in [9.17, 15) is 9.90 Å². The van der Waals surface area contributed by atoms with Crippen molar-refractivity contribution in [1.82, 2.24) is 19.7 Å². The highest BCUT2D eigenvalue weighted by Gasteiger charge is 2.29. The van der Waals surface area contributed by atoms with E-state index in [-0.39, 0.29) is 17.6 Å². The lowest BCUT2D eigenvalue weighted by Crippen LogP contribution is -2.45. The van der Waals surface area contributed by atoms with Gasteiger partial charge in [-0.15, -0.1) is 0 Å². The Morgan fingerprint density at radius 3 is 2.58 bits per heavy atom. The molecule has 1 saturated heterocycles. The smallest absolute Gasteiger partial charge is 0.267 e. The van der Waals surface area contributed by atoms with Gasteiger partial charge in [0.25, 0.3) is 5.56 Å². The first-order valence-corrected chi connectivity index (χ1v) is 12.1. The summed E-state index contributed by atoms with van der Waals surface area (Å²) in [7, 11) is 0. The van der Waals surface area contributed by atoms with Gasteiger partial charge < -0.3 is 15.3 Å². The molecule has 1 aliphatic carbocycles. The SMILES string of the molecule is Cc1nc2ccccc2nc1NCC1CCCCN1c1ccc(=O)n(C2CCCCC2O)n1. The molecule has 174 valence electrons. The minimum Gasteiger partial charge on any atom is -0.391 e. The molecule has 3 atom stereocenters. The molecule has 1 aromatic carbocycles. The van der Waals surface area contributed by atoms with Crippen molar-refractivity contribution in [1.29, 1.82) is 0 Å². The fraction of sp³-hybridized carbons (Fsp3) is 0.520. The zero-order valence-electron chi connectivity index (χ0n) is 19.2. The van der Waals surface area contributed by atoms with Crippen LogP contribution in [0.15, 0.2) is 41.2 Å². The van der Waals surface area contributed by atoms with Crippen LogP contribution in [-0.4, -0.2) is 50.1 Å². The van der Waals surface area contributed by atoms with Crippen LogP contribution in [0.2, 0.25) is 0 Å². The van der Waals surface area contributed by atoms with Crippen LogP contribution in [0.25, 0.3) is 11.0 Å². The van der Waals surface area contributed by atoms with E-state index >= 15 is 0 Å². The van der Waals surface area contributed by atoms with Crippen LogP contribution < -0.4 is 15.8 Å². The van der Waals surface area contributed by atoms with Crippen molar-refractivity contribution in [2.45, 2.75) is 70.1 Å². The molecule has 2 fully saturated rings. The van der Waals surface area contributed by atoms with Crippen molar-refractivity contribution < 1.29 is 5.11 Å². The Morgan fingerprint density at radius 2 is 1.76 bits per heavy atom. The summed E-state index contributed by atoms with van der Waals surface area (Å²) in [4.78, 5) is 24.3. The molecule has 0 radical (unpaired) electrons. The number of anilines is 2. The van der Waals surface area contributed by atoms with E-state index in [0.29, 0.717) is 0 Å². The average molecular weight is 449 g/mol. The first-order chi connectivity index (χ1) is 16.1. The van der Waals surface area contributed by atoms with Crippen molar-refractivity contribution in [3.8, 4) is 0 Å². The number of rotatable bonds is 5. The average Bonchev–Trinajstić information content (AvgIpc) is 2.84. The summed E-state index contributed by atoms with van der Waals surface area (Å²) in [6.45, 7) is 3.60. The minimum absolute atomic E-state index is 0.140. The van der Waals surface area contributed by atoms with Crippen molar-refractivity contribution in [3.05, 3.63) is 52.4 Å². The highest BCUT2D eigenvalue weighted by atomic mass is 16.3. The third kappa shape index (κ3) is 4.57. The maximum absolute atomic E-state index is 12.6. The van der Waals surface area contributed by atoms with Gasteiger partial charge in [-0.2, -0.15) is 5.10 Å². The van der Waals surface area contributed by atoms with Gasteiger partial charge in [0.2, 0.25) is 0 Å². The number of hydrogen-bond acceptors (Lipinski definition) is 7. The number of piperidine rings is 1. The largest absolute Gasteiger partial charge is 0.391 e. The molecule has 0 bridgehead atoms. The Kier molecular flexibility index (Phi) is 6.26. The Morgan fingerprint density at radius 1 is 1.00 bits per heavy atom. The molecular formula is C25H32N6O2. The summed E-state index contributed by atoms with van der Waals surface area (Å²) in [5, 5.41) is 18.7. The Hall–Kier alpha value is -3.00. The highest BCUT2D eigenvalue weighted by Crippen LogP contribution is 2.29. The van der Waals surface area contributed by atoms with Crippen molar-refractivity contribution in [3.63, 3.8) is 0 Å². The van der Waals surface area contributed by atoms with Gasteiger partial charge in [0.05, 0.1) is 28.9 Å². The zero-order chi connectivity index (χ0) is 22.8. The molecule has 0 amide bonds. The number of aromatic nitrogens is 4. The fourth-order valence-electron chi connectivity index (χ4n) is 5.17. The minimum atomic E-state index is -0.507. The summed E-state index contributed by atoms with van der Waals surface area (Å²) in [5.41, 5.74) is 2.52. The van der Waals surface area contributed by atoms with Crippen LogP contribution in [-0.2, 0) is 0 Å². The van der Waals surface area contributed by atoms with Crippen molar-refractivity contribution in [2.75, 3.05) is 23.3 Å². The number of nitrogens with zero attached hydrogens (tertiary/aromatic N) is 5. The van der Waals surface area contributed by atoms with E-state index in [4.69, 9.17) is 10.1 Å². The monoisotopic (exact) mass is 448 g/mol. The Bertz CT molecular complexity index is 1180. The number of benzene rings is 1. The second-order valence-electron chi connectivity index (χ2n) is 9.26. The van der Waals surface area contributed by atoms with Gasteiger partial charge in [-0.05, 0) is 57.2 Å². The van der Waals surface area contributed by atoms with Gasteiger partial charge in [-0.25, -0.2) is 14.6 Å². The summed E-state index contributed by atoms with van der Waals surface area (Å²) in [6, 6.07) is 11.3. The first kappa shape index (κ1) is 21.8. The molecule has 3 aromatic rings. The summed E-state index contributed by atoms with van der Waals surface area (Å²) in [5.74, 6) is 1.61. The lowest BCUT2D eigenvalue weighted by molar-refractivity contribution is 0.0669. The summed E-state index contributed by atoms with van der Waals surface area (Å²) >= 11 is 0.